The zero-order chi connectivity index (χ0) is 18.2. The molecule has 0 amide bonds. The first kappa shape index (κ1) is 16.9. The molecular weight excluding hydrogens is 366 g/mol. The van der Waals surface area contributed by atoms with Crippen LogP contribution in [0.5, 0.6) is 0 Å². The molecule has 9 heteroatoms. The molecule has 0 aromatic carbocycles. The van der Waals surface area contributed by atoms with Crippen LogP contribution in [0.4, 0.5) is 0 Å². The summed E-state index contributed by atoms with van der Waals surface area (Å²) in [5.74, 6) is 1.35. The molecule has 0 saturated carbocycles. The Hall–Kier alpha value is -2.26. The molecule has 1 aliphatic heterocycles. The molecule has 3 aromatic heterocycles. The van der Waals surface area contributed by atoms with Crippen LogP contribution in [0.15, 0.2) is 19.7 Å². The third-order valence-corrected chi connectivity index (χ3v) is 6.57. The van der Waals surface area contributed by atoms with Gasteiger partial charge in [-0.1, -0.05) is 0 Å². The van der Waals surface area contributed by atoms with E-state index in [1.165, 1.54) is 29.7 Å². The number of hydrogen-bond donors (Lipinski definition) is 1. The van der Waals surface area contributed by atoms with Gasteiger partial charge in [-0.15, -0.1) is 26.6 Å². The molecule has 3 aromatic rings. The SMILES string of the molecule is O=c1[nH]nc(C2CCCN(Cc3nnc(-c4cc5c(s4)CCCC5)o3)C2)o1. The lowest BCUT2D eigenvalue weighted by atomic mass is 9.98. The molecule has 2 aliphatic rings. The Balaban J connectivity index is 1.27. The van der Waals surface area contributed by atoms with Gasteiger partial charge in [0.1, 0.15) is 0 Å². The van der Waals surface area contributed by atoms with Gasteiger partial charge in [0.05, 0.1) is 17.3 Å². The van der Waals surface area contributed by atoms with Gasteiger partial charge in [-0.05, 0) is 56.7 Å². The van der Waals surface area contributed by atoms with E-state index in [9.17, 15) is 4.79 Å². The van der Waals surface area contributed by atoms with Crippen LogP contribution < -0.4 is 5.76 Å². The van der Waals surface area contributed by atoms with Crippen LogP contribution in [-0.2, 0) is 19.4 Å². The van der Waals surface area contributed by atoms with E-state index in [0.717, 1.165) is 37.2 Å². The van der Waals surface area contributed by atoms with Gasteiger partial charge in [0.25, 0.3) is 5.89 Å². The lowest BCUT2D eigenvalue weighted by molar-refractivity contribution is 0.171. The Morgan fingerprint density at radius 3 is 3.00 bits per heavy atom. The predicted molar refractivity (Wildman–Crippen MR) is 98.6 cm³/mol. The third kappa shape index (κ3) is 3.49. The Kier molecular flexibility index (Phi) is 4.41. The maximum atomic E-state index is 11.2. The van der Waals surface area contributed by atoms with Gasteiger partial charge in [-0.2, -0.15) is 0 Å². The molecule has 0 spiro atoms. The average molecular weight is 387 g/mol. The number of nitrogens with zero attached hydrogens (tertiary/aromatic N) is 4. The first-order valence-electron chi connectivity index (χ1n) is 9.47. The van der Waals surface area contributed by atoms with Crippen molar-refractivity contribution in [2.24, 2.45) is 0 Å². The van der Waals surface area contributed by atoms with E-state index in [-0.39, 0.29) is 5.92 Å². The van der Waals surface area contributed by atoms with Crippen LogP contribution in [0.3, 0.4) is 0 Å². The molecule has 1 N–H and O–H groups in total. The summed E-state index contributed by atoms with van der Waals surface area (Å²) < 4.78 is 11.1. The number of H-pyrrole nitrogens is 1. The standard InChI is InChI=1S/C18H21N5O3S/c24-18-22-20-16(26-18)12-5-3-7-23(9-12)10-15-19-21-17(25-15)14-8-11-4-1-2-6-13(11)27-14/h8,12H,1-7,9-10H2,(H,22,24). The lowest BCUT2D eigenvalue weighted by Crippen LogP contribution is -2.34. The van der Waals surface area contributed by atoms with Crippen molar-refractivity contribution in [2.75, 3.05) is 13.1 Å². The van der Waals surface area contributed by atoms with E-state index in [2.05, 4.69) is 31.4 Å². The molecule has 8 nitrogen and oxygen atoms in total. The van der Waals surface area contributed by atoms with Crippen molar-refractivity contribution in [3.8, 4) is 10.8 Å². The number of fused-ring (bicyclic) bond motifs is 1. The van der Waals surface area contributed by atoms with E-state index in [0.29, 0.717) is 24.2 Å². The van der Waals surface area contributed by atoms with E-state index < -0.39 is 5.76 Å². The van der Waals surface area contributed by atoms with Crippen molar-refractivity contribution in [2.45, 2.75) is 51.0 Å². The van der Waals surface area contributed by atoms with Crippen molar-refractivity contribution in [1.82, 2.24) is 25.3 Å². The van der Waals surface area contributed by atoms with Gasteiger partial charge in [0.15, 0.2) is 0 Å². The number of aromatic nitrogens is 4. The van der Waals surface area contributed by atoms with Gasteiger partial charge < -0.3 is 8.83 Å². The largest absolute Gasteiger partial charge is 0.434 e. The summed E-state index contributed by atoms with van der Waals surface area (Å²) in [6.45, 7) is 2.32. The summed E-state index contributed by atoms with van der Waals surface area (Å²) in [6, 6.07) is 2.22. The maximum absolute atomic E-state index is 11.2. The van der Waals surface area contributed by atoms with Crippen LogP contribution in [0.1, 0.15) is 53.8 Å². The number of aromatic amines is 1. The molecular formula is C18H21N5O3S. The molecule has 4 heterocycles. The number of piperidine rings is 1. The first-order chi connectivity index (χ1) is 13.2. The molecule has 1 unspecified atom stereocenters. The van der Waals surface area contributed by atoms with E-state index >= 15 is 0 Å². The van der Waals surface area contributed by atoms with Gasteiger partial charge in [-0.25, -0.2) is 9.89 Å². The highest BCUT2D eigenvalue weighted by Gasteiger charge is 2.26. The fourth-order valence-electron chi connectivity index (χ4n) is 4.02. The summed E-state index contributed by atoms with van der Waals surface area (Å²) in [6.07, 6.45) is 6.84. The van der Waals surface area contributed by atoms with Gasteiger partial charge in [0.2, 0.25) is 11.8 Å². The minimum Gasteiger partial charge on any atom is -0.419 e. The number of aryl methyl sites for hydroxylation is 2. The smallest absolute Gasteiger partial charge is 0.419 e. The fourth-order valence-corrected chi connectivity index (χ4v) is 5.20. The minimum atomic E-state index is -0.498. The summed E-state index contributed by atoms with van der Waals surface area (Å²) in [5, 5.41) is 14.8. The third-order valence-electron chi connectivity index (χ3n) is 5.34. The Morgan fingerprint density at radius 2 is 2.15 bits per heavy atom. The van der Waals surface area contributed by atoms with Crippen molar-refractivity contribution >= 4 is 11.3 Å². The maximum Gasteiger partial charge on any atom is 0.434 e. The lowest BCUT2D eigenvalue weighted by Gasteiger charge is -2.29. The molecule has 5 rings (SSSR count). The zero-order valence-corrected chi connectivity index (χ0v) is 15.8. The van der Waals surface area contributed by atoms with Crippen LogP contribution in [0.25, 0.3) is 10.8 Å². The van der Waals surface area contributed by atoms with Crippen molar-refractivity contribution in [1.29, 1.82) is 0 Å². The van der Waals surface area contributed by atoms with Gasteiger partial charge in [0, 0.05) is 11.4 Å². The highest BCUT2D eigenvalue weighted by atomic mass is 32.1. The zero-order valence-electron chi connectivity index (χ0n) is 14.9. The van der Waals surface area contributed by atoms with Crippen molar-refractivity contribution < 1.29 is 8.83 Å². The molecule has 1 saturated heterocycles. The number of hydrogen-bond acceptors (Lipinski definition) is 8. The van der Waals surface area contributed by atoms with E-state index in [1.54, 1.807) is 11.3 Å². The second kappa shape index (κ2) is 7.05. The number of thiophene rings is 1. The summed E-state index contributed by atoms with van der Waals surface area (Å²) in [5.41, 5.74) is 1.44. The Morgan fingerprint density at radius 1 is 1.22 bits per heavy atom. The fraction of sp³-hybridized carbons (Fsp3) is 0.556. The van der Waals surface area contributed by atoms with Gasteiger partial charge in [-0.3, -0.25) is 4.90 Å². The normalized spacial score (nSPS) is 20.7. The Labute approximate surface area is 159 Å². The van der Waals surface area contributed by atoms with E-state index in [1.807, 2.05) is 0 Å². The van der Waals surface area contributed by atoms with Crippen LogP contribution in [-0.4, -0.2) is 38.4 Å². The van der Waals surface area contributed by atoms with Crippen LogP contribution >= 0.6 is 11.3 Å². The minimum absolute atomic E-state index is 0.115. The first-order valence-corrected chi connectivity index (χ1v) is 10.3. The molecule has 142 valence electrons. The molecule has 1 aliphatic carbocycles. The number of nitrogens with one attached hydrogen (secondary N) is 1. The molecule has 1 atom stereocenters. The van der Waals surface area contributed by atoms with Crippen molar-refractivity contribution in [3.63, 3.8) is 0 Å². The summed E-state index contributed by atoms with van der Waals surface area (Å²) in [4.78, 5) is 16.0. The summed E-state index contributed by atoms with van der Waals surface area (Å²) >= 11 is 1.78. The highest BCUT2D eigenvalue weighted by molar-refractivity contribution is 7.15. The van der Waals surface area contributed by atoms with E-state index in [4.69, 9.17) is 8.83 Å². The second-order valence-electron chi connectivity index (χ2n) is 7.29. The van der Waals surface area contributed by atoms with Crippen LogP contribution in [0, 0.1) is 0 Å². The molecule has 0 bridgehead atoms. The monoisotopic (exact) mass is 387 g/mol. The average Bonchev–Trinajstić information content (AvgIpc) is 3.40. The number of likely N-dealkylation sites (tertiary alicyclic amines) is 1. The van der Waals surface area contributed by atoms with Gasteiger partial charge >= 0.3 is 5.76 Å². The molecule has 1 fully saturated rings. The quantitative estimate of drug-likeness (QED) is 0.734. The second-order valence-corrected chi connectivity index (χ2v) is 8.43. The molecule has 27 heavy (non-hydrogen) atoms. The number of rotatable bonds is 4. The van der Waals surface area contributed by atoms with Crippen LogP contribution in [0.2, 0.25) is 0 Å². The van der Waals surface area contributed by atoms with Crippen molar-refractivity contribution in [3.05, 3.63) is 38.8 Å². The highest BCUT2D eigenvalue weighted by Crippen LogP contribution is 2.35. The topological polar surface area (TPSA) is 101 Å². The molecule has 0 radical (unpaired) electrons. The predicted octanol–water partition coefficient (Wildman–Crippen LogP) is 2.73. The summed E-state index contributed by atoms with van der Waals surface area (Å²) in [7, 11) is 0. The Bertz CT molecular complexity index is 964.